The Kier molecular flexibility index (Phi) is 7.36. The van der Waals surface area contributed by atoms with Gasteiger partial charge in [0.1, 0.15) is 18.8 Å². The number of hydrogen-bond donors (Lipinski definition) is 3. The van der Waals surface area contributed by atoms with Crippen LogP contribution in [0, 0.1) is 0 Å². The minimum atomic E-state index is 0.159. The molecule has 2 aromatic carbocycles. The molecule has 0 radical (unpaired) electrons. The van der Waals surface area contributed by atoms with Gasteiger partial charge < -0.3 is 19.7 Å². The van der Waals surface area contributed by atoms with Crippen molar-refractivity contribution in [2.24, 2.45) is 5.10 Å². The summed E-state index contributed by atoms with van der Waals surface area (Å²) in [7, 11) is 1.63. The van der Waals surface area contributed by atoms with Gasteiger partial charge in [0.15, 0.2) is 11.2 Å². The topological polar surface area (TPSA) is 59.3 Å². The van der Waals surface area contributed by atoms with Crippen molar-refractivity contribution < 1.29 is 14.4 Å². The maximum absolute atomic E-state index is 5.53. The number of methoxy groups -OCH3 is 1. The summed E-state index contributed by atoms with van der Waals surface area (Å²) in [5.74, 6) is 0.729. The molecule has 0 bridgehead atoms. The van der Waals surface area contributed by atoms with E-state index in [1.807, 2.05) is 37.3 Å². The molecule has 0 unspecified atom stereocenters. The SMILES string of the molecule is COc1ccccc1NC(=S)N/N=C(/C)[C@H](c1ccccc1)[NH+]1CCOCC1. The van der Waals surface area contributed by atoms with Gasteiger partial charge >= 0.3 is 0 Å². The van der Waals surface area contributed by atoms with E-state index in [1.54, 1.807) is 7.11 Å². The van der Waals surface area contributed by atoms with Gasteiger partial charge in [-0.15, -0.1) is 0 Å². The third-order valence-corrected chi connectivity index (χ3v) is 4.98. The Hall–Kier alpha value is -2.48. The monoisotopic (exact) mass is 399 g/mol. The fraction of sp³-hybridized carbons (Fsp3) is 0.333. The van der Waals surface area contributed by atoms with Crippen LogP contribution in [0.1, 0.15) is 18.5 Å². The average molecular weight is 400 g/mol. The lowest BCUT2D eigenvalue weighted by Crippen LogP contribution is -3.15. The van der Waals surface area contributed by atoms with Gasteiger partial charge in [0.2, 0.25) is 0 Å². The van der Waals surface area contributed by atoms with Crippen molar-refractivity contribution in [3.05, 3.63) is 60.2 Å². The number of nitrogens with zero attached hydrogens (tertiary/aromatic N) is 1. The Morgan fingerprint density at radius 3 is 2.50 bits per heavy atom. The number of nitrogens with one attached hydrogen (secondary N) is 3. The Balaban J connectivity index is 1.72. The Bertz CT molecular complexity index is 807. The number of morpholine rings is 1. The predicted octanol–water partition coefficient (Wildman–Crippen LogP) is 2.01. The van der Waals surface area contributed by atoms with E-state index in [0.717, 1.165) is 43.5 Å². The zero-order valence-corrected chi connectivity index (χ0v) is 17.1. The largest absolute Gasteiger partial charge is 0.495 e. The van der Waals surface area contributed by atoms with Crippen LogP contribution < -0.4 is 20.4 Å². The second-order valence-corrected chi connectivity index (χ2v) is 7.04. The standard InChI is InChI=1S/C21H26N4O2S/c1-16(23-24-21(28)22-18-10-6-7-11-19(18)26-2)20(17-8-4-3-5-9-17)25-12-14-27-15-13-25/h3-11,20H,12-15H2,1-2H3,(H2,22,24,28)/p+1/b23-16-/t20-/m1/s1. The van der Waals surface area contributed by atoms with Gasteiger partial charge in [-0.1, -0.05) is 42.5 Å². The number of rotatable bonds is 6. The molecule has 3 rings (SSSR count). The van der Waals surface area contributed by atoms with Crippen molar-refractivity contribution in [2.45, 2.75) is 13.0 Å². The summed E-state index contributed by atoms with van der Waals surface area (Å²) in [4.78, 5) is 1.45. The molecule has 6 nitrogen and oxygen atoms in total. The molecule has 0 saturated carbocycles. The summed E-state index contributed by atoms with van der Waals surface area (Å²) in [6.45, 7) is 5.49. The fourth-order valence-corrected chi connectivity index (χ4v) is 3.60. The molecule has 0 aliphatic carbocycles. The van der Waals surface area contributed by atoms with Gasteiger partial charge in [0.25, 0.3) is 0 Å². The van der Waals surface area contributed by atoms with Crippen molar-refractivity contribution in [1.29, 1.82) is 0 Å². The second-order valence-electron chi connectivity index (χ2n) is 6.63. The van der Waals surface area contributed by atoms with Crippen molar-refractivity contribution in [3.8, 4) is 5.75 Å². The third kappa shape index (κ3) is 5.28. The number of ether oxygens (including phenoxy) is 2. The van der Waals surface area contributed by atoms with E-state index in [-0.39, 0.29) is 6.04 Å². The molecule has 148 valence electrons. The first kappa shape index (κ1) is 20.3. The Morgan fingerprint density at radius 1 is 1.11 bits per heavy atom. The van der Waals surface area contributed by atoms with Gasteiger partial charge in [-0.05, 0) is 31.3 Å². The first-order valence-corrected chi connectivity index (χ1v) is 9.81. The van der Waals surface area contributed by atoms with E-state index >= 15 is 0 Å². The van der Waals surface area contributed by atoms with Crippen LogP contribution in [0.3, 0.4) is 0 Å². The number of hydrazone groups is 1. The highest BCUT2D eigenvalue weighted by Gasteiger charge is 2.29. The molecule has 1 fully saturated rings. The molecule has 28 heavy (non-hydrogen) atoms. The molecular formula is C21H27N4O2S+. The van der Waals surface area contributed by atoms with Crippen molar-refractivity contribution >= 4 is 28.7 Å². The number of thiocarbonyl (C=S) groups is 1. The van der Waals surface area contributed by atoms with Crippen molar-refractivity contribution in [1.82, 2.24) is 5.43 Å². The highest BCUT2D eigenvalue weighted by molar-refractivity contribution is 7.80. The minimum absolute atomic E-state index is 0.159. The van der Waals surface area contributed by atoms with Crippen molar-refractivity contribution in [2.75, 3.05) is 38.7 Å². The highest BCUT2D eigenvalue weighted by atomic mass is 32.1. The van der Waals surface area contributed by atoms with Crippen LogP contribution >= 0.6 is 12.2 Å². The molecule has 1 saturated heterocycles. The molecule has 7 heteroatoms. The molecular weight excluding hydrogens is 372 g/mol. The number of anilines is 1. The normalized spacial score (nSPS) is 16.3. The van der Waals surface area contributed by atoms with E-state index in [9.17, 15) is 0 Å². The minimum Gasteiger partial charge on any atom is -0.495 e. The van der Waals surface area contributed by atoms with E-state index in [4.69, 9.17) is 21.7 Å². The van der Waals surface area contributed by atoms with Crippen LogP contribution in [-0.2, 0) is 4.74 Å². The first-order valence-electron chi connectivity index (χ1n) is 9.40. The number of hydrogen-bond acceptors (Lipinski definition) is 4. The highest BCUT2D eigenvalue weighted by Crippen LogP contribution is 2.22. The van der Waals surface area contributed by atoms with Gasteiger partial charge in [-0.2, -0.15) is 5.10 Å². The summed E-state index contributed by atoms with van der Waals surface area (Å²) in [6, 6.07) is 18.3. The van der Waals surface area contributed by atoms with Crippen LogP contribution in [0.5, 0.6) is 5.75 Å². The average Bonchev–Trinajstić information content (AvgIpc) is 2.74. The van der Waals surface area contributed by atoms with Crippen LogP contribution in [0.4, 0.5) is 5.69 Å². The van der Waals surface area contributed by atoms with Crippen LogP contribution in [-0.4, -0.2) is 44.2 Å². The summed E-state index contributed by atoms with van der Waals surface area (Å²) in [5.41, 5.74) is 6.00. The lowest BCUT2D eigenvalue weighted by Gasteiger charge is -2.31. The fourth-order valence-electron chi connectivity index (χ4n) is 3.44. The predicted molar refractivity (Wildman–Crippen MR) is 116 cm³/mol. The van der Waals surface area contributed by atoms with E-state index in [2.05, 4.69) is 40.1 Å². The summed E-state index contributed by atoms with van der Waals surface area (Å²) in [6.07, 6.45) is 0. The molecule has 2 aromatic rings. The van der Waals surface area contributed by atoms with E-state index in [0.29, 0.717) is 5.11 Å². The van der Waals surface area contributed by atoms with Gasteiger partial charge in [-0.3, -0.25) is 5.43 Å². The Morgan fingerprint density at radius 2 is 1.79 bits per heavy atom. The summed E-state index contributed by atoms with van der Waals surface area (Å²) < 4.78 is 10.9. The Labute approximate surface area is 171 Å². The molecule has 1 aliphatic heterocycles. The summed E-state index contributed by atoms with van der Waals surface area (Å²) >= 11 is 5.41. The zero-order chi connectivity index (χ0) is 19.8. The van der Waals surface area contributed by atoms with Gasteiger partial charge in [0.05, 0.1) is 31.7 Å². The lowest BCUT2D eigenvalue weighted by atomic mass is 10.0. The second kappa shape index (κ2) is 10.2. The van der Waals surface area contributed by atoms with Crippen LogP contribution in [0.2, 0.25) is 0 Å². The van der Waals surface area contributed by atoms with E-state index < -0.39 is 0 Å². The first-order chi connectivity index (χ1) is 13.7. The maximum Gasteiger partial charge on any atom is 0.191 e. The summed E-state index contributed by atoms with van der Waals surface area (Å²) in [5, 5.41) is 8.15. The van der Waals surface area contributed by atoms with Gasteiger partial charge in [-0.25, -0.2) is 0 Å². The lowest BCUT2D eigenvalue weighted by molar-refractivity contribution is -0.928. The molecule has 1 aliphatic rings. The molecule has 0 amide bonds. The quantitative estimate of drug-likeness (QED) is 0.394. The van der Waals surface area contributed by atoms with E-state index in [1.165, 1.54) is 10.5 Å². The smallest absolute Gasteiger partial charge is 0.191 e. The third-order valence-electron chi connectivity index (χ3n) is 4.78. The number of benzene rings is 2. The zero-order valence-electron chi connectivity index (χ0n) is 16.3. The number of para-hydroxylation sites is 2. The van der Waals surface area contributed by atoms with Gasteiger partial charge in [0, 0.05) is 5.56 Å². The van der Waals surface area contributed by atoms with Crippen molar-refractivity contribution in [3.63, 3.8) is 0 Å². The molecule has 0 aromatic heterocycles. The molecule has 0 spiro atoms. The molecule has 3 N–H and O–H groups in total. The molecule has 1 heterocycles. The maximum atomic E-state index is 5.53. The molecule has 1 atom stereocenters. The van der Waals surface area contributed by atoms with Crippen LogP contribution in [0.25, 0.3) is 0 Å². The number of quaternary nitrogens is 1. The van der Waals surface area contributed by atoms with Crippen LogP contribution in [0.15, 0.2) is 59.7 Å².